The third-order valence-electron chi connectivity index (χ3n) is 2.09. The van der Waals surface area contributed by atoms with Crippen LogP contribution in [0.1, 0.15) is 16.8 Å². The molecule has 0 amide bonds. The summed E-state index contributed by atoms with van der Waals surface area (Å²) in [6, 6.07) is 6.26. The van der Waals surface area contributed by atoms with E-state index in [0.29, 0.717) is 11.3 Å². The molecule has 0 aliphatic heterocycles. The highest BCUT2D eigenvalue weighted by Gasteiger charge is 2.06. The fourth-order valence-electron chi connectivity index (χ4n) is 1.24. The first-order valence-corrected chi connectivity index (χ1v) is 6.79. The topological polar surface area (TPSA) is 89.9 Å². The van der Waals surface area contributed by atoms with Gasteiger partial charge >= 0.3 is 5.97 Å². The van der Waals surface area contributed by atoms with Gasteiger partial charge in [-0.1, -0.05) is 0 Å². The Balaban J connectivity index is 2.42. The molecule has 0 atom stereocenters. The van der Waals surface area contributed by atoms with Gasteiger partial charge in [0.2, 0.25) is 0 Å². The molecule has 1 rings (SSSR count). The smallest absolute Gasteiger partial charge is 0.337 e. The number of rotatable bonds is 6. The number of carbonyl (C=O) groups excluding carboxylic acids is 1. The van der Waals surface area contributed by atoms with Crippen LogP contribution in [-0.2, 0) is 14.9 Å². The third-order valence-corrected chi connectivity index (χ3v) is 2.90. The van der Waals surface area contributed by atoms with E-state index >= 15 is 0 Å². The van der Waals surface area contributed by atoms with Gasteiger partial charge in [-0.2, -0.15) is 8.42 Å². The molecule has 100 valence electrons. The molecule has 18 heavy (non-hydrogen) atoms. The molecule has 1 aromatic rings. The number of carbonyl (C=O) groups is 1. The van der Waals surface area contributed by atoms with Gasteiger partial charge in [0, 0.05) is 0 Å². The summed E-state index contributed by atoms with van der Waals surface area (Å²) in [5.74, 6) is -0.265. The van der Waals surface area contributed by atoms with Crippen LogP contribution in [0, 0.1) is 0 Å². The van der Waals surface area contributed by atoms with Crippen molar-refractivity contribution in [2.24, 2.45) is 0 Å². The Kier molecular flexibility index (Phi) is 5.11. The first kappa shape index (κ1) is 14.5. The van der Waals surface area contributed by atoms with Crippen LogP contribution in [0.2, 0.25) is 0 Å². The van der Waals surface area contributed by atoms with Crippen molar-refractivity contribution in [3.8, 4) is 5.75 Å². The molecule has 0 radical (unpaired) electrons. The number of methoxy groups -OCH3 is 1. The van der Waals surface area contributed by atoms with Crippen LogP contribution in [0.25, 0.3) is 0 Å². The molecule has 0 aromatic heterocycles. The van der Waals surface area contributed by atoms with Gasteiger partial charge in [0.25, 0.3) is 10.1 Å². The average molecular weight is 274 g/mol. The van der Waals surface area contributed by atoms with E-state index in [1.165, 1.54) is 7.11 Å². The molecule has 7 heteroatoms. The fourth-order valence-corrected chi connectivity index (χ4v) is 1.72. The molecular weight excluding hydrogens is 260 g/mol. The Hall–Kier alpha value is -1.60. The second-order valence-corrected chi connectivity index (χ2v) is 5.08. The normalized spacial score (nSPS) is 11.0. The van der Waals surface area contributed by atoms with Gasteiger partial charge in [-0.15, -0.1) is 0 Å². The van der Waals surface area contributed by atoms with Crippen LogP contribution < -0.4 is 4.74 Å². The van der Waals surface area contributed by atoms with Crippen molar-refractivity contribution >= 4 is 16.1 Å². The lowest BCUT2D eigenvalue weighted by Gasteiger charge is -2.06. The van der Waals surface area contributed by atoms with E-state index in [-0.39, 0.29) is 18.8 Å². The molecule has 1 N–H and O–H groups in total. The summed E-state index contributed by atoms with van der Waals surface area (Å²) < 4.78 is 39.2. The molecule has 0 saturated heterocycles. The van der Waals surface area contributed by atoms with Crippen LogP contribution in [-0.4, -0.2) is 38.4 Å². The summed E-state index contributed by atoms with van der Waals surface area (Å²) >= 11 is 0. The number of hydrogen-bond donors (Lipinski definition) is 1. The highest BCUT2D eigenvalue weighted by atomic mass is 32.2. The van der Waals surface area contributed by atoms with Crippen LogP contribution in [0.4, 0.5) is 0 Å². The van der Waals surface area contributed by atoms with Gasteiger partial charge in [0.15, 0.2) is 0 Å². The largest absolute Gasteiger partial charge is 0.494 e. The summed E-state index contributed by atoms with van der Waals surface area (Å²) in [6.45, 7) is 0.164. The van der Waals surface area contributed by atoms with E-state index in [0.717, 1.165) is 0 Å². The minimum Gasteiger partial charge on any atom is -0.494 e. The van der Waals surface area contributed by atoms with Crippen molar-refractivity contribution in [1.82, 2.24) is 0 Å². The monoisotopic (exact) mass is 274 g/mol. The number of benzene rings is 1. The molecule has 0 saturated carbocycles. The average Bonchev–Trinajstić information content (AvgIpc) is 2.33. The van der Waals surface area contributed by atoms with Crippen molar-refractivity contribution in [2.75, 3.05) is 19.5 Å². The maximum absolute atomic E-state index is 11.1. The van der Waals surface area contributed by atoms with E-state index in [4.69, 9.17) is 9.29 Å². The van der Waals surface area contributed by atoms with E-state index in [1.54, 1.807) is 24.3 Å². The van der Waals surface area contributed by atoms with Crippen molar-refractivity contribution in [2.45, 2.75) is 6.42 Å². The van der Waals surface area contributed by atoms with Gasteiger partial charge in [-0.3, -0.25) is 4.55 Å². The van der Waals surface area contributed by atoms with Crippen LogP contribution in [0.5, 0.6) is 5.75 Å². The lowest BCUT2D eigenvalue weighted by Crippen LogP contribution is -2.08. The minimum absolute atomic E-state index is 0.164. The Labute approximate surface area is 105 Å². The summed E-state index contributed by atoms with van der Waals surface area (Å²) in [5.41, 5.74) is 0.405. The first-order chi connectivity index (χ1) is 8.42. The third kappa shape index (κ3) is 5.15. The quantitative estimate of drug-likeness (QED) is 0.475. The molecule has 0 aliphatic carbocycles. The standard InChI is InChI=1S/C11H14O6S/c1-16-11(12)9-3-5-10(6-4-9)17-7-2-8-18(13,14)15/h3-6H,2,7-8H2,1H3,(H,13,14,15). The second kappa shape index (κ2) is 6.36. The van der Waals surface area contributed by atoms with Crippen LogP contribution in [0.15, 0.2) is 24.3 Å². The highest BCUT2D eigenvalue weighted by molar-refractivity contribution is 7.85. The van der Waals surface area contributed by atoms with E-state index in [9.17, 15) is 13.2 Å². The molecular formula is C11H14O6S. The molecule has 1 aromatic carbocycles. The summed E-state index contributed by atoms with van der Waals surface area (Å²) in [7, 11) is -2.65. The van der Waals surface area contributed by atoms with E-state index in [1.807, 2.05) is 0 Å². The number of ether oxygens (including phenoxy) is 2. The summed E-state index contributed by atoms with van der Waals surface area (Å²) in [5, 5.41) is 0. The molecule has 0 heterocycles. The van der Waals surface area contributed by atoms with Crippen molar-refractivity contribution in [3.05, 3.63) is 29.8 Å². The van der Waals surface area contributed by atoms with Gasteiger partial charge in [-0.05, 0) is 30.7 Å². The maximum atomic E-state index is 11.1. The van der Waals surface area contributed by atoms with Crippen molar-refractivity contribution in [3.63, 3.8) is 0 Å². The van der Waals surface area contributed by atoms with Crippen molar-refractivity contribution < 1.29 is 27.2 Å². The molecule has 0 fully saturated rings. The zero-order valence-electron chi connectivity index (χ0n) is 9.83. The van der Waals surface area contributed by atoms with Crippen LogP contribution >= 0.6 is 0 Å². The van der Waals surface area contributed by atoms with Crippen LogP contribution in [0.3, 0.4) is 0 Å². The number of hydrogen-bond acceptors (Lipinski definition) is 5. The summed E-state index contributed by atoms with van der Waals surface area (Å²) in [6.07, 6.45) is 0.192. The van der Waals surface area contributed by atoms with E-state index in [2.05, 4.69) is 4.74 Å². The number of esters is 1. The molecule has 0 spiro atoms. The SMILES string of the molecule is COC(=O)c1ccc(OCCCS(=O)(=O)O)cc1. The Morgan fingerprint density at radius 2 is 1.89 bits per heavy atom. The molecule has 0 unspecified atom stereocenters. The molecule has 0 bridgehead atoms. The van der Waals surface area contributed by atoms with Gasteiger partial charge < -0.3 is 9.47 Å². The second-order valence-electron chi connectivity index (χ2n) is 3.50. The minimum atomic E-state index is -3.94. The predicted octanol–water partition coefficient (Wildman–Crippen LogP) is 1.13. The molecule has 0 aliphatic rings. The Morgan fingerprint density at radius 3 is 2.39 bits per heavy atom. The van der Waals surface area contributed by atoms with E-state index < -0.39 is 16.1 Å². The fraction of sp³-hybridized carbons (Fsp3) is 0.364. The van der Waals surface area contributed by atoms with Crippen molar-refractivity contribution in [1.29, 1.82) is 0 Å². The lowest BCUT2D eigenvalue weighted by atomic mass is 10.2. The lowest BCUT2D eigenvalue weighted by molar-refractivity contribution is 0.0600. The zero-order valence-corrected chi connectivity index (χ0v) is 10.6. The van der Waals surface area contributed by atoms with Gasteiger partial charge in [0.05, 0.1) is 25.0 Å². The molecule has 6 nitrogen and oxygen atoms in total. The predicted molar refractivity (Wildman–Crippen MR) is 64.3 cm³/mol. The summed E-state index contributed by atoms with van der Waals surface area (Å²) in [4.78, 5) is 11.1. The Morgan fingerprint density at radius 1 is 1.28 bits per heavy atom. The first-order valence-electron chi connectivity index (χ1n) is 5.19. The highest BCUT2D eigenvalue weighted by Crippen LogP contribution is 2.13. The zero-order chi connectivity index (χ0) is 13.6. The van der Waals surface area contributed by atoms with Gasteiger partial charge in [-0.25, -0.2) is 4.79 Å². The Bertz CT molecular complexity index is 491. The van der Waals surface area contributed by atoms with Gasteiger partial charge in [0.1, 0.15) is 5.75 Å². The maximum Gasteiger partial charge on any atom is 0.337 e.